The molecule has 3 nitrogen and oxygen atoms in total. The summed E-state index contributed by atoms with van der Waals surface area (Å²) >= 11 is 12.1. The molecule has 0 heterocycles. The van der Waals surface area contributed by atoms with Gasteiger partial charge in [0.15, 0.2) is 0 Å². The lowest BCUT2D eigenvalue weighted by Gasteiger charge is -2.29. The van der Waals surface area contributed by atoms with Gasteiger partial charge in [-0.25, -0.2) is 13.1 Å². The third-order valence-electron chi connectivity index (χ3n) is 3.99. The van der Waals surface area contributed by atoms with E-state index in [-0.39, 0.29) is 16.0 Å². The Morgan fingerprint density at radius 2 is 1.85 bits per heavy atom. The van der Waals surface area contributed by atoms with E-state index in [1.165, 1.54) is 12.5 Å². The number of halogens is 2. The molecule has 1 aromatic rings. The van der Waals surface area contributed by atoms with Crippen LogP contribution in [0.2, 0.25) is 10.0 Å². The van der Waals surface area contributed by atoms with Crippen LogP contribution >= 0.6 is 23.2 Å². The van der Waals surface area contributed by atoms with Crippen LogP contribution in [0.1, 0.15) is 38.2 Å². The third kappa shape index (κ3) is 3.30. The Balaban J connectivity index is 2.29. The van der Waals surface area contributed by atoms with Crippen molar-refractivity contribution in [2.24, 2.45) is 5.92 Å². The van der Waals surface area contributed by atoms with E-state index in [2.05, 4.69) is 11.6 Å². The van der Waals surface area contributed by atoms with E-state index < -0.39 is 10.0 Å². The molecule has 0 amide bonds. The van der Waals surface area contributed by atoms with Crippen LogP contribution in [0.4, 0.5) is 0 Å². The Morgan fingerprint density at radius 1 is 1.20 bits per heavy atom. The van der Waals surface area contributed by atoms with E-state index >= 15 is 0 Å². The fourth-order valence-electron chi connectivity index (χ4n) is 2.60. The molecule has 20 heavy (non-hydrogen) atoms. The highest BCUT2D eigenvalue weighted by molar-refractivity contribution is 7.89. The van der Waals surface area contributed by atoms with Crippen molar-refractivity contribution in [1.29, 1.82) is 0 Å². The zero-order valence-corrected chi connectivity index (χ0v) is 13.9. The molecule has 1 saturated carbocycles. The Labute approximate surface area is 130 Å². The molecule has 0 saturated heterocycles. The molecule has 0 bridgehead atoms. The second-order valence-corrected chi connectivity index (χ2v) is 7.94. The minimum Gasteiger partial charge on any atom is -0.208 e. The Bertz CT molecular complexity index is 601. The van der Waals surface area contributed by atoms with Crippen LogP contribution in [0.15, 0.2) is 17.0 Å². The van der Waals surface area contributed by atoms with Crippen LogP contribution in [0.3, 0.4) is 0 Å². The van der Waals surface area contributed by atoms with Crippen LogP contribution in [-0.2, 0) is 10.0 Å². The predicted octanol–water partition coefficient (Wildman–Crippen LogP) is 4.16. The van der Waals surface area contributed by atoms with Gasteiger partial charge in [0.05, 0.1) is 5.02 Å². The third-order valence-corrected chi connectivity index (χ3v) is 6.53. The smallest absolute Gasteiger partial charge is 0.208 e. The van der Waals surface area contributed by atoms with Gasteiger partial charge in [-0.05, 0) is 43.4 Å². The topological polar surface area (TPSA) is 46.2 Å². The first-order valence-electron chi connectivity index (χ1n) is 6.80. The molecule has 0 radical (unpaired) electrons. The lowest BCUT2D eigenvalue weighted by atomic mass is 9.87. The highest BCUT2D eigenvalue weighted by Crippen LogP contribution is 2.31. The molecule has 6 heteroatoms. The summed E-state index contributed by atoms with van der Waals surface area (Å²) in [6, 6.07) is 3.02. The molecule has 1 aliphatic rings. The fraction of sp³-hybridized carbons (Fsp3) is 0.571. The van der Waals surface area contributed by atoms with Gasteiger partial charge in [0.25, 0.3) is 0 Å². The second-order valence-electron chi connectivity index (χ2n) is 5.47. The number of hydrogen-bond acceptors (Lipinski definition) is 2. The molecule has 0 aromatic heterocycles. The lowest BCUT2D eigenvalue weighted by molar-refractivity contribution is 0.310. The molecule has 2 rings (SSSR count). The van der Waals surface area contributed by atoms with Gasteiger partial charge < -0.3 is 0 Å². The number of rotatable bonds is 3. The Kier molecular flexibility index (Phi) is 5.00. The van der Waals surface area contributed by atoms with Crippen LogP contribution < -0.4 is 4.72 Å². The molecular formula is C14H19Cl2NO2S. The average Bonchev–Trinajstić information content (AvgIpc) is 2.38. The van der Waals surface area contributed by atoms with Crippen molar-refractivity contribution in [1.82, 2.24) is 4.72 Å². The fourth-order valence-corrected chi connectivity index (χ4v) is 4.79. The molecule has 0 unspecified atom stereocenters. The van der Waals surface area contributed by atoms with Crippen molar-refractivity contribution in [3.8, 4) is 0 Å². The molecule has 0 aliphatic heterocycles. The summed E-state index contributed by atoms with van der Waals surface area (Å²) in [6.45, 7) is 3.80. The minimum atomic E-state index is -3.60. The van der Waals surface area contributed by atoms with Gasteiger partial charge >= 0.3 is 0 Å². The van der Waals surface area contributed by atoms with Crippen LogP contribution in [0, 0.1) is 12.8 Å². The summed E-state index contributed by atoms with van der Waals surface area (Å²) < 4.78 is 27.8. The molecule has 1 N–H and O–H groups in total. The zero-order valence-electron chi connectivity index (χ0n) is 11.6. The standard InChI is InChI=1S/C14H19Cl2NO2S/c1-9-5-3-4-6-12(9)17-20(18,19)13-8-7-11(15)10(2)14(13)16/h7-9,12,17H,3-6H2,1-2H3/t9-,12+/m1/s1. The maximum Gasteiger partial charge on any atom is 0.242 e. The van der Waals surface area contributed by atoms with Crippen LogP contribution in [0.5, 0.6) is 0 Å². The van der Waals surface area contributed by atoms with Crippen molar-refractivity contribution >= 4 is 33.2 Å². The van der Waals surface area contributed by atoms with E-state index in [9.17, 15) is 8.42 Å². The highest BCUT2D eigenvalue weighted by atomic mass is 35.5. The first kappa shape index (κ1) is 16.1. The SMILES string of the molecule is Cc1c(Cl)ccc(S(=O)(=O)N[C@H]2CCCC[C@H]2C)c1Cl. The summed E-state index contributed by atoms with van der Waals surface area (Å²) in [5, 5.41) is 0.674. The zero-order chi connectivity index (χ0) is 14.9. The normalized spacial score (nSPS) is 23.8. The van der Waals surface area contributed by atoms with Gasteiger partial charge in [-0.2, -0.15) is 0 Å². The number of nitrogens with one attached hydrogen (secondary N) is 1. The maximum atomic E-state index is 12.5. The van der Waals surface area contributed by atoms with Gasteiger partial charge in [0.2, 0.25) is 10.0 Å². The maximum absolute atomic E-state index is 12.5. The largest absolute Gasteiger partial charge is 0.242 e. The molecule has 112 valence electrons. The molecule has 1 fully saturated rings. The first-order valence-corrected chi connectivity index (χ1v) is 9.04. The molecule has 1 aromatic carbocycles. The average molecular weight is 336 g/mol. The van der Waals surface area contributed by atoms with E-state index in [4.69, 9.17) is 23.2 Å². The lowest BCUT2D eigenvalue weighted by Crippen LogP contribution is -2.41. The van der Waals surface area contributed by atoms with E-state index in [0.717, 1.165) is 19.3 Å². The van der Waals surface area contributed by atoms with E-state index in [0.29, 0.717) is 16.5 Å². The molecular weight excluding hydrogens is 317 g/mol. The Hall–Kier alpha value is -0.290. The molecule has 1 aliphatic carbocycles. The monoisotopic (exact) mass is 335 g/mol. The number of benzene rings is 1. The van der Waals surface area contributed by atoms with Crippen LogP contribution in [0.25, 0.3) is 0 Å². The first-order chi connectivity index (χ1) is 9.33. The van der Waals surface area contributed by atoms with Gasteiger partial charge in [-0.1, -0.05) is 43.0 Å². The van der Waals surface area contributed by atoms with E-state index in [1.807, 2.05) is 0 Å². The van der Waals surface area contributed by atoms with E-state index in [1.54, 1.807) is 13.0 Å². The van der Waals surface area contributed by atoms with Gasteiger partial charge in [0, 0.05) is 11.1 Å². The van der Waals surface area contributed by atoms with Crippen molar-refractivity contribution in [2.45, 2.75) is 50.5 Å². The quantitative estimate of drug-likeness (QED) is 0.901. The minimum absolute atomic E-state index is 0.0131. The summed E-state index contributed by atoms with van der Waals surface area (Å²) in [7, 11) is -3.60. The van der Waals surface area contributed by atoms with Crippen molar-refractivity contribution in [3.05, 3.63) is 27.7 Å². The number of sulfonamides is 1. The molecule has 0 spiro atoms. The van der Waals surface area contributed by atoms with Gasteiger partial charge in [0.1, 0.15) is 4.90 Å². The summed E-state index contributed by atoms with van der Waals surface area (Å²) in [5.74, 6) is 0.352. The predicted molar refractivity (Wildman–Crippen MR) is 82.9 cm³/mol. The summed E-state index contributed by atoms with van der Waals surface area (Å²) in [4.78, 5) is 0.110. The van der Waals surface area contributed by atoms with Gasteiger partial charge in [-0.3, -0.25) is 0 Å². The van der Waals surface area contributed by atoms with Crippen molar-refractivity contribution in [2.75, 3.05) is 0 Å². The summed E-state index contributed by atoms with van der Waals surface area (Å²) in [5.41, 5.74) is 0.591. The van der Waals surface area contributed by atoms with Crippen LogP contribution in [-0.4, -0.2) is 14.5 Å². The summed E-state index contributed by atoms with van der Waals surface area (Å²) in [6.07, 6.45) is 4.16. The number of hydrogen-bond donors (Lipinski definition) is 1. The molecule has 2 atom stereocenters. The van der Waals surface area contributed by atoms with Crippen molar-refractivity contribution in [3.63, 3.8) is 0 Å². The second kappa shape index (κ2) is 6.22. The Morgan fingerprint density at radius 3 is 2.50 bits per heavy atom. The highest BCUT2D eigenvalue weighted by Gasteiger charge is 2.28. The van der Waals surface area contributed by atoms with Gasteiger partial charge in [-0.15, -0.1) is 0 Å². The van der Waals surface area contributed by atoms with Crippen molar-refractivity contribution < 1.29 is 8.42 Å².